The Kier molecular flexibility index (Phi) is 4.73. The molecule has 0 aliphatic carbocycles. The lowest BCUT2D eigenvalue weighted by atomic mass is 9.91. The van der Waals surface area contributed by atoms with Crippen LogP contribution in [-0.2, 0) is 11.3 Å². The molecule has 0 atom stereocenters. The maximum atomic E-state index is 12.3. The molecule has 5 heteroatoms. The van der Waals surface area contributed by atoms with Crippen LogP contribution in [0.1, 0.15) is 19.5 Å². The normalized spacial score (nSPS) is 17.2. The fourth-order valence-corrected chi connectivity index (χ4v) is 2.35. The van der Waals surface area contributed by atoms with E-state index in [4.69, 9.17) is 5.73 Å². The van der Waals surface area contributed by atoms with Gasteiger partial charge in [0.1, 0.15) is 0 Å². The zero-order valence-corrected chi connectivity index (χ0v) is 12.4. The standard InChI is InChI=1S/C15H24N4O/c1-15(2,12-16)14(20)19-9-7-18(8-10-19)11-13-5-3-4-6-17-13/h3-6H,7-12,16H2,1-2H3. The van der Waals surface area contributed by atoms with Crippen LogP contribution in [0.3, 0.4) is 0 Å². The Morgan fingerprint density at radius 2 is 2.00 bits per heavy atom. The van der Waals surface area contributed by atoms with Gasteiger partial charge in [0.15, 0.2) is 0 Å². The summed E-state index contributed by atoms with van der Waals surface area (Å²) in [4.78, 5) is 20.9. The van der Waals surface area contributed by atoms with Crippen molar-refractivity contribution in [1.29, 1.82) is 0 Å². The van der Waals surface area contributed by atoms with Gasteiger partial charge >= 0.3 is 0 Å². The average Bonchev–Trinajstić information content (AvgIpc) is 2.48. The predicted molar refractivity (Wildman–Crippen MR) is 78.9 cm³/mol. The van der Waals surface area contributed by atoms with Crippen molar-refractivity contribution in [2.75, 3.05) is 32.7 Å². The Bertz CT molecular complexity index is 438. The molecule has 2 rings (SSSR count). The zero-order chi connectivity index (χ0) is 14.6. The third-order valence-electron chi connectivity index (χ3n) is 3.86. The van der Waals surface area contributed by atoms with Gasteiger partial charge in [0.25, 0.3) is 0 Å². The maximum Gasteiger partial charge on any atom is 0.229 e. The van der Waals surface area contributed by atoms with E-state index in [9.17, 15) is 4.79 Å². The molecule has 0 radical (unpaired) electrons. The minimum absolute atomic E-state index is 0.164. The molecule has 0 saturated carbocycles. The van der Waals surface area contributed by atoms with Gasteiger partial charge in [0.2, 0.25) is 5.91 Å². The first-order valence-electron chi connectivity index (χ1n) is 7.14. The number of aromatic nitrogens is 1. The lowest BCUT2D eigenvalue weighted by molar-refractivity contribution is -0.141. The average molecular weight is 276 g/mol. The Morgan fingerprint density at radius 1 is 1.30 bits per heavy atom. The molecule has 1 aliphatic heterocycles. The molecule has 0 aromatic carbocycles. The Hall–Kier alpha value is -1.46. The van der Waals surface area contributed by atoms with E-state index >= 15 is 0 Å². The van der Waals surface area contributed by atoms with Crippen molar-refractivity contribution in [3.05, 3.63) is 30.1 Å². The highest BCUT2D eigenvalue weighted by Gasteiger charge is 2.32. The van der Waals surface area contributed by atoms with E-state index in [1.165, 1.54) is 0 Å². The fraction of sp³-hybridized carbons (Fsp3) is 0.600. The summed E-state index contributed by atoms with van der Waals surface area (Å²) in [6, 6.07) is 5.97. The SMILES string of the molecule is CC(C)(CN)C(=O)N1CCN(Cc2ccccn2)CC1. The van der Waals surface area contributed by atoms with Gasteiger partial charge in [0, 0.05) is 45.5 Å². The quantitative estimate of drug-likeness (QED) is 0.880. The number of carbonyl (C=O) groups is 1. The summed E-state index contributed by atoms with van der Waals surface area (Å²) in [5.74, 6) is 0.164. The molecule has 1 aromatic heterocycles. The zero-order valence-electron chi connectivity index (χ0n) is 12.4. The summed E-state index contributed by atoms with van der Waals surface area (Å²) in [5.41, 5.74) is 6.30. The minimum Gasteiger partial charge on any atom is -0.340 e. The van der Waals surface area contributed by atoms with Crippen LogP contribution in [0.25, 0.3) is 0 Å². The third-order valence-corrected chi connectivity index (χ3v) is 3.86. The van der Waals surface area contributed by atoms with E-state index in [1.807, 2.05) is 43.1 Å². The van der Waals surface area contributed by atoms with Crippen LogP contribution in [0.4, 0.5) is 0 Å². The number of nitrogens with zero attached hydrogens (tertiary/aromatic N) is 3. The van der Waals surface area contributed by atoms with E-state index in [1.54, 1.807) is 0 Å². The highest BCUT2D eigenvalue weighted by Crippen LogP contribution is 2.18. The summed E-state index contributed by atoms with van der Waals surface area (Å²) in [6.07, 6.45) is 1.82. The highest BCUT2D eigenvalue weighted by molar-refractivity contribution is 5.82. The molecule has 1 aromatic rings. The van der Waals surface area contributed by atoms with E-state index < -0.39 is 5.41 Å². The van der Waals surface area contributed by atoms with Gasteiger partial charge in [-0.1, -0.05) is 6.07 Å². The second-order valence-corrected chi connectivity index (χ2v) is 5.98. The molecule has 0 bridgehead atoms. The molecular formula is C15H24N4O. The molecule has 2 heterocycles. The van der Waals surface area contributed by atoms with Gasteiger partial charge in [-0.2, -0.15) is 0 Å². The summed E-state index contributed by atoms with van der Waals surface area (Å²) < 4.78 is 0. The number of pyridine rings is 1. The van der Waals surface area contributed by atoms with Crippen LogP contribution in [-0.4, -0.2) is 53.4 Å². The Labute approximate surface area is 120 Å². The number of amides is 1. The first-order valence-corrected chi connectivity index (χ1v) is 7.14. The van der Waals surface area contributed by atoms with Gasteiger partial charge in [-0.25, -0.2) is 0 Å². The van der Waals surface area contributed by atoms with Crippen molar-refractivity contribution in [3.63, 3.8) is 0 Å². The molecule has 2 N–H and O–H groups in total. The molecule has 5 nitrogen and oxygen atoms in total. The van der Waals surface area contributed by atoms with Crippen molar-refractivity contribution in [2.24, 2.45) is 11.1 Å². The summed E-state index contributed by atoms with van der Waals surface area (Å²) >= 11 is 0. The maximum absolute atomic E-state index is 12.3. The largest absolute Gasteiger partial charge is 0.340 e. The number of rotatable bonds is 4. The van der Waals surface area contributed by atoms with Gasteiger partial charge in [-0.15, -0.1) is 0 Å². The van der Waals surface area contributed by atoms with E-state index in [0.717, 1.165) is 38.4 Å². The molecule has 110 valence electrons. The van der Waals surface area contributed by atoms with Crippen LogP contribution >= 0.6 is 0 Å². The summed E-state index contributed by atoms with van der Waals surface area (Å²) in [5, 5.41) is 0. The molecule has 1 saturated heterocycles. The van der Waals surface area contributed by atoms with E-state index in [0.29, 0.717) is 6.54 Å². The third kappa shape index (κ3) is 3.55. The monoisotopic (exact) mass is 276 g/mol. The fourth-order valence-electron chi connectivity index (χ4n) is 2.35. The van der Waals surface area contributed by atoms with Crippen LogP contribution in [0.5, 0.6) is 0 Å². The molecule has 1 aliphatic rings. The Morgan fingerprint density at radius 3 is 2.55 bits per heavy atom. The molecule has 1 fully saturated rings. The van der Waals surface area contributed by atoms with Crippen molar-refractivity contribution >= 4 is 5.91 Å². The topological polar surface area (TPSA) is 62.5 Å². The number of nitrogens with two attached hydrogens (primary N) is 1. The number of carbonyl (C=O) groups excluding carboxylic acids is 1. The van der Waals surface area contributed by atoms with Gasteiger partial charge in [-0.05, 0) is 26.0 Å². The number of piperazine rings is 1. The van der Waals surface area contributed by atoms with Crippen LogP contribution in [0, 0.1) is 5.41 Å². The highest BCUT2D eigenvalue weighted by atomic mass is 16.2. The van der Waals surface area contributed by atoms with Gasteiger partial charge in [0.05, 0.1) is 11.1 Å². The van der Waals surface area contributed by atoms with Crippen molar-refractivity contribution < 1.29 is 4.79 Å². The lowest BCUT2D eigenvalue weighted by Crippen LogP contribution is -2.53. The second-order valence-electron chi connectivity index (χ2n) is 5.98. The molecule has 20 heavy (non-hydrogen) atoms. The molecule has 0 unspecified atom stereocenters. The number of hydrogen-bond donors (Lipinski definition) is 1. The predicted octanol–water partition coefficient (Wildman–Crippen LogP) is 0.711. The Balaban J connectivity index is 1.85. The first kappa shape index (κ1) is 14.9. The minimum atomic E-state index is -0.455. The molecule has 1 amide bonds. The molecular weight excluding hydrogens is 252 g/mol. The van der Waals surface area contributed by atoms with Crippen molar-refractivity contribution in [1.82, 2.24) is 14.8 Å². The van der Waals surface area contributed by atoms with Crippen molar-refractivity contribution in [3.8, 4) is 0 Å². The molecule has 0 spiro atoms. The van der Waals surface area contributed by atoms with Gasteiger partial charge in [-0.3, -0.25) is 14.7 Å². The first-order chi connectivity index (χ1) is 9.53. The van der Waals surface area contributed by atoms with E-state index in [-0.39, 0.29) is 5.91 Å². The number of hydrogen-bond acceptors (Lipinski definition) is 4. The summed E-state index contributed by atoms with van der Waals surface area (Å²) in [7, 11) is 0. The van der Waals surface area contributed by atoms with Crippen molar-refractivity contribution in [2.45, 2.75) is 20.4 Å². The lowest BCUT2D eigenvalue weighted by Gasteiger charge is -2.38. The van der Waals surface area contributed by atoms with Crippen LogP contribution in [0.2, 0.25) is 0 Å². The second kappa shape index (κ2) is 6.33. The smallest absolute Gasteiger partial charge is 0.229 e. The van der Waals surface area contributed by atoms with Gasteiger partial charge < -0.3 is 10.6 Å². The summed E-state index contributed by atoms with van der Waals surface area (Å²) in [6.45, 7) is 8.39. The van der Waals surface area contributed by atoms with E-state index in [2.05, 4.69) is 9.88 Å². The van der Waals surface area contributed by atoms with Crippen LogP contribution in [0.15, 0.2) is 24.4 Å². The van der Waals surface area contributed by atoms with Crippen LogP contribution < -0.4 is 5.73 Å².